The third-order valence-electron chi connectivity index (χ3n) is 2.64. The van der Waals surface area contributed by atoms with Gasteiger partial charge in [-0.15, -0.1) is 0 Å². The number of hydrogen-bond donors (Lipinski definition) is 1. The minimum Gasteiger partial charge on any atom is -0.316 e. The van der Waals surface area contributed by atoms with E-state index in [0.29, 0.717) is 11.5 Å². The molecule has 0 amide bonds. The van der Waals surface area contributed by atoms with Crippen LogP contribution in [0.1, 0.15) is 23.5 Å². The van der Waals surface area contributed by atoms with Crippen molar-refractivity contribution in [2.75, 3.05) is 13.1 Å². The molecule has 1 aliphatic heterocycles. The van der Waals surface area contributed by atoms with Gasteiger partial charge in [0.15, 0.2) is 0 Å². The maximum atomic E-state index is 12.9. The molecule has 0 radical (unpaired) electrons. The van der Waals surface area contributed by atoms with Crippen molar-refractivity contribution in [1.29, 1.82) is 5.26 Å². The Morgan fingerprint density at radius 1 is 1.50 bits per heavy atom. The highest BCUT2D eigenvalue weighted by molar-refractivity contribution is 5.40. The highest BCUT2D eigenvalue weighted by Gasteiger charge is 2.19. The number of benzene rings is 1. The average Bonchev–Trinajstić information content (AvgIpc) is 2.70. The molecule has 1 aliphatic rings. The van der Waals surface area contributed by atoms with Gasteiger partial charge >= 0.3 is 0 Å². The molecule has 1 aromatic rings. The fourth-order valence-corrected chi connectivity index (χ4v) is 1.90. The summed E-state index contributed by atoms with van der Waals surface area (Å²) in [5.41, 5.74) is 1.44. The summed E-state index contributed by atoms with van der Waals surface area (Å²) in [5.74, 6) is 0.0292. The molecule has 1 N–H and O–H groups in total. The van der Waals surface area contributed by atoms with Gasteiger partial charge in [0.25, 0.3) is 0 Å². The monoisotopic (exact) mass is 190 g/mol. The van der Waals surface area contributed by atoms with Crippen molar-refractivity contribution >= 4 is 0 Å². The van der Waals surface area contributed by atoms with Crippen LogP contribution < -0.4 is 5.32 Å². The third-order valence-corrected chi connectivity index (χ3v) is 2.64. The lowest BCUT2D eigenvalue weighted by molar-refractivity contribution is 0.624. The summed E-state index contributed by atoms with van der Waals surface area (Å²) in [6.07, 6.45) is 1.03. The first-order valence-electron chi connectivity index (χ1n) is 4.71. The number of nitrogens with zero attached hydrogens (tertiary/aromatic N) is 1. The lowest BCUT2D eigenvalue weighted by Crippen LogP contribution is -2.08. The predicted molar refractivity (Wildman–Crippen MR) is 51.3 cm³/mol. The fraction of sp³-hybridized carbons (Fsp3) is 0.364. The molecule has 1 unspecified atom stereocenters. The highest BCUT2D eigenvalue weighted by Crippen LogP contribution is 2.25. The second-order valence-electron chi connectivity index (χ2n) is 3.53. The molecule has 0 aliphatic carbocycles. The predicted octanol–water partition coefficient (Wildman–Crippen LogP) is 1.77. The van der Waals surface area contributed by atoms with Crippen LogP contribution in [-0.2, 0) is 0 Å². The molecule has 1 fully saturated rings. The van der Waals surface area contributed by atoms with Gasteiger partial charge in [0.1, 0.15) is 5.82 Å². The molecule has 14 heavy (non-hydrogen) atoms. The molecule has 1 saturated heterocycles. The zero-order valence-electron chi connectivity index (χ0n) is 7.76. The maximum absolute atomic E-state index is 12.9. The van der Waals surface area contributed by atoms with E-state index in [0.717, 1.165) is 25.1 Å². The van der Waals surface area contributed by atoms with Crippen LogP contribution in [0.15, 0.2) is 18.2 Å². The van der Waals surface area contributed by atoms with Gasteiger partial charge in [-0.1, -0.05) is 6.07 Å². The Morgan fingerprint density at radius 2 is 2.36 bits per heavy atom. The van der Waals surface area contributed by atoms with Crippen LogP contribution in [0.3, 0.4) is 0 Å². The summed E-state index contributed by atoms with van der Waals surface area (Å²) < 4.78 is 12.9. The van der Waals surface area contributed by atoms with Crippen LogP contribution in [0.4, 0.5) is 4.39 Å². The zero-order valence-corrected chi connectivity index (χ0v) is 7.76. The SMILES string of the molecule is N#Cc1cc(F)ccc1C1CCNC1. The van der Waals surface area contributed by atoms with Gasteiger partial charge in [-0.05, 0) is 36.6 Å². The Balaban J connectivity index is 2.37. The average molecular weight is 190 g/mol. The Morgan fingerprint density at radius 3 is 3.00 bits per heavy atom. The molecule has 72 valence electrons. The standard InChI is InChI=1S/C11H11FN2/c12-10-1-2-11(9(5-10)6-13)8-3-4-14-7-8/h1-2,5,8,14H,3-4,7H2. The first-order chi connectivity index (χ1) is 6.81. The third kappa shape index (κ3) is 1.61. The summed E-state index contributed by atoms with van der Waals surface area (Å²) in [6, 6.07) is 6.51. The number of hydrogen-bond acceptors (Lipinski definition) is 2. The van der Waals surface area contributed by atoms with Gasteiger partial charge in [-0.3, -0.25) is 0 Å². The molecule has 0 spiro atoms. The van der Waals surface area contributed by atoms with Crippen molar-refractivity contribution in [2.24, 2.45) is 0 Å². The van der Waals surface area contributed by atoms with Crippen LogP contribution in [0.25, 0.3) is 0 Å². The molecule has 0 bridgehead atoms. The van der Waals surface area contributed by atoms with E-state index < -0.39 is 0 Å². The Kier molecular flexibility index (Phi) is 2.47. The van der Waals surface area contributed by atoms with E-state index in [1.54, 1.807) is 6.07 Å². The van der Waals surface area contributed by atoms with E-state index in [-0.39, 0.29) is 5.82 Å². The van der Waals surface area contributed by atoms with Gasteiger partial charge in [0.05, 0.1) is 11.6 Å². The van der Waals surface area contributed by atoms with Crippen molar-refractivity contribution < 1.29 is 4.39 Å². The van der Waals surface area contributed by atoms with Crippen molar-refractivity contribution in [3.63, 3.8) is 0 Å². The van der Waals surface area contributed by atoms with E-state index in [1.165, 1.54) is 12.1 Å². The molecule has 0 aromatic heterocycles. The molecule has 2 rings (SSSR count). The lowest BCUT2D eigenvalue weighted by Gasteiger charge is -2.10. The number of nitriles is 1. The summed E-state index contributed by atoms with van der Waals surface area (Å²) in [7, 11) is 0. The first-order valence-corrected chi connectivity index (χ1v) is 4.71. The number of rotatable bonds is 1. The van der Waals surface area contributed by atoms with E-state index in [4.69, 9.17) is 5.26 Å². The molecule has 1 aromatic carbocycles. The summed E-state index contributed by atoms with van der Waals surface area (Å²) in [5, 5.41) is 12.1. The van der Waals surface area contributed by atoms with Crippen LogP contribution in [0.2, 0.25) is 0 Å². The van der Waals surface area contributed by atoms with Gasteiger partial charge in [0, 0.05) is 6.54 Å². The molecule has 2 nitrogen and oxygen atoms in total. The number of halogens is 1. The number of nitrogens with one attached hydrogen (secondary N) is 1. The second kappa shape index (κ2) is 3.77. The largest absolute Gasteiger partial charge is 0.316 e. The summed E-state index contributed by atoms with van der Waals surface area (Å²) in [4.78, 5) is 0. The second-order valence-corrected chi connectivity index (χ2v) is 3.53. The summed E-state index contributed by atoms with van der Waals surface area (Å²) in [6.45, 7) is 1.87. The quantitative estimate of drug-likeness (QED) is 0.732. The van der Waals surface area contributed by atoms with Crippen molar-refractivity contribution in [2.45, 2.75) is 12.3 Å². The van der Waals surface area contributed by atoms with Crippen molar-refractivity contribution in [1.82, 2.24) is 5.32 Å². The van der Waals surface area contributed by atoms with Crippen LogP contribution in [0.5, 0.6) is 0 Å². The van der Waals surface area contributed by atoms with Crippen LogP contribution in [0, 0.1) is 17.1 Å². The highest BCUT2D eigenvalue weighted by atomic mass is 19.1. The van der Waals surface area contributed by atoms with Gasteiger partial charge in [0.2, 0.25) is 0 Å². The lowest BCUT2D eigenvalue weighted by atomic mass is 9.94. The Bertz CT molecular complexity index is 375. The van der Waals surface area contributed by atoms with E-state index in [2.05, 4.69) is 5.32 Å². The molecule has 3 heteroatoms. The van der Waals surface area contributed by atoms with Crippen molar-refractivity contribution in [3.05, 3.63) is 35.1 Å². The molecule has 0 saturated carbocycles. The van der Waals surface area contributed by atoms with E-state index in [1.807, 2.05) is 6.07 Å². The topological polar surface area (TPSA) is 35.8 Å². The Hall–Kier alpha value is -1.40. The Labute approximate surface area is 82.4 Å². The normalized spacial score (nSPS) is 20.7. The molecule has 1 atom stereocenters. The minimum atomic E-state index is -0.337. The summed E-state index contributed by atoms with van der Waals surface area (Å²) >= 11 is 0. The minimum absolute atomic E-state index is 0.337. The van der Waals surface area contributed by atoms with Gasteiger partial charge in [-0.2, -0.15) is 5.26 Å². The van der Waals surface area contributed by atoms with Crippen molar-refractivity contribution in [3.8, 4) is 6.07 Å². The molecule has 1 heterocycles. The maximum Gasteiger partial charge on any atom is 0.124 e. The molecular formula is C11H11FN2. The fourth-order valence-electron chi connectivity index (χ4n) is 1.90. The van der Waals surface area contributed by atoms with Gasteiger partial charge < -0.3 is 5.32 Å². The van der Waals surface area contributed by atoms with E-state index in [9.17, 15) is 4.39 Å². The van der Waals surface area contributed by atoms with Crippen LogP contribution >= 0.6 is 0 Å². The van der Waals surface area contributed by atoms with Gasteiger partial charge in [-0.25, -0.2) is 4.39 Å². The smallest absolute Gasteiger partial charge is 0.124 e. The van der Waals surface area contributed by atoms with Crippen LogP contribution in [-0.4, -0.2) is 13.1 Å². The zero-order chi connectivity index (χ0) is 9.97. The van der Waals surface area contributed by atoms with E-state index >= 15 is 0 Å². The first kappa shape index (κ1) is 9.17. The molecular weight excluding hydrogens is 179 g/mol.